The zero-order valence-electron chi connectivity index (χ0n) is 10.2. The molecular weight excluding hydrogens is 182 g/mol. The Balaban J connectivity index is 2.56. The molecule has 84 valence electrons. The second kappa shape index (κ2) is 6.49. The van der Waals surface area contributed by atoms with E-state index in [4.69, 9.17) is 0 Å². The van der Waals surface area contributed by atoms with Crippen molar-refractivity contribution < 1.29 is 0 Å². The summed E-state index contributed by atoms with van der Waals surface area (Å²) in [6, 6.07) is 10.7. The SMILES string of the molecule is CCCC(C)CN(CC)c1ccccc1. The number of para-hydroxylation sites is 1. The quantitative estimate of drug-likeness (QED) is 0.679. The van der Waals surface area contributed by atoms with Gasteiger partial charge in [0.2, 0.25) is 0 Å². The highest BCUT2D eigenvalue weighted by Crippen LogP contribution is 2.16. The Bertz CT molecular complexity index is 255. The van der Waals surface area contributed by atoms with Crippen LogP contribution in [-0.2, 0) is 0 Å². The van der Waals surface area contributed by atoms with E-state index in [9.17, 15) is 0 Å². The molecule has 0 aliphatic rings. The van der Waals surface area contributed by atoms with Crippen LogP contribution in [0.3, 0.4) is 0 Å². The highest BCUT2D eigenvalue weighted by molar-refractivity contribution is 5.45. The molecule has 0 saturated heterocycles. The number of benzene rings is 1. The lowest BCUT2D eigenvalue weighted by Gasteiger charge is -2.26. The molecule has 0 bridgehead atoms. The Hall–Kier alpha value is -0.980. The lowest BCUT2D eigenvalue weighted by Crippen LogP contribution is -2.28. The summed E-state index contributed by atoms with van der Waals surface area (Å²) >= 11 is 0. The Morgan fingerprint density at radius 3 is 2.33 bits per heavy atom. The minimum Gasteiger partial charge on any atom is -0.372 e. The van der Waals surface area contributed by atoms with Gasteiger partial charge in [0.05, 0.1) is 0 Å². The molecule has 0 N–H and O–H groups in total. The van der Waals surface area contributed by atoms with E-state index in [1.54, 1.807) is 0 Å². The summed E-state index contributed by atoms with van der Waals surface area (Å²) in [5.74, 6) is 0.787. The molecule has 1 rings (SSSR count). The third kappa shape index (κ3) is 3.94. The second-order valence-corrected chi connectivity index (χ2v) is 4.27. The molecule has 1 aromatic rings. The molecule has 0 heterocycles. The minimum absolute atomic E-state index is 0.787. The van der Waals surface area contributed by atoms with Crippen LogP contribution in [0, 0.1) is 5.92 Å². The highest BCUT2D eigenvalue weighted by Gasteiger charge is 2.08. The first-order valence-electron chi connectivity index (χ1n) is 6.07. The first-order chi connectivity index (χ1) is 7.27. The van der Waals surface area contributed by atoms with Crippen molar-refractivity contribution in [2.75, 3.05) is 18.0 Å². The number of rotatable bonds is 6. The van der Waals surface area contributed by atoms with Crippen LogP contribution in [0.5, 0.6) is 0 Å². The second-order valence-electron chi connectivity index (χ2n) is 4.27. The van der Waals surface area contributed by atoms with Crippen molar-refractivity contribution in [1.82, 2.24) is 0 Å². The van der Waals surface area contributed by atoms with Gasteiger partial charge in [-0.15, -0.1) is 0 Å². The van der Waals surface area contributed by atoms with Gasteiger partial charge in [-0.25, -0.2) is 0 Å². The van der Waals surface area contributed by atoms with E-state index in [0.29, 0.717) is 0 Å². The summed E-state index contributed by atoms with van der Waals surface area (Å²) in [5.41, 5.74) is 1.35. The smallest absolute Gasteiger partial charge is 0.0366 e. The Morgan fingerprint density at radius 2 is 1.80 bits per heavy atom. The lowest BCUT2D eigenvalue weighted by atomic mass is 10.1. The zero-order valence-corrected chi connectivity index (χ0v) is 10.2. The Kier molecular flexibility index (Phi) is 5.23. The molecule has 1 aromatic carbocycles. The molecule has 0 spiro atoms. The molecule has 0 fully saturated rings. The fourth-order valence-electron chi connectivity index (χ4n) is 2.02. The summed E-state index contributed by atoms with van der Waals surface area (Å²) in [6.07, 6.45) is 2.61. The maximum absolute atomic E-state index is 2.46. The summed E-state index contributed by atoms with van der Waals surface area (Å²) in [7, 11) is 0. The molecule has 0 aliphatic carbocycles. The average Bonchev–Trinajstić information content (AvgIpc) is 2.27. The van der Waals surface area contributed by atoms with E-state index >= 15 is 0 Å². The summed E-state index contributed by atoms with van der Waals surface area (Å²) in [5, 5.41) is 0. The van der Waals surface area contributed by atoms with Gasteiger partial charge in [0.15, 0.2) is 0 Å². The van der Waals surface area contributed by atoms with Crippen molar-refractivity contribution in [2.45, 2.75) is 33.6 Å². The highest BCUT2D eigenvalue weighted by atomic mass is 15.1. The average molecular weight is 205 g/mol. The van der Waals surface area contributed by atoms with E-state index < -0.39 is 0 Å². The fourth-order valence-corrected chi connectivity index (χ4v) is 2.02. The van der Waals surface area contributed by atoms with Gasteiger partial charge in [-0.2, -0.15) is 0 Å². The van der Waals surface area contributed by atoms with Gasteiger partial charge in [0.1, 0.15) is 0 Å². The molecule has 0 radical (unpaired) electrons. The standard InChI is InChI=1S/C14H23N/c1-4-9-13(3)12-15(5-2)14-10-7-6-8-11-14/h6-8,10-11,13H,4-5,9,12H2,1-3H3. The van der Waals surface area contributed by atoms with Gasteiger partial charge in [0, 0.05) is 18.8 Å². The molecule has 1 atom stereocenters. The van der Waals surface area contributed by atoms with Crippen LogP contribution in [0.1, 0.15) is 33.6 Å². The van der Waals surface area contributed by atoms with Crippen molar-refractivity contribution >= 4 is 5.69 Å². The maximum atomic E-state index is 2.46. The zero-order chi connectivity index (χ0) is 11.1. The normalized spacial score (nSPS) is 12.5. The van der Waals surface area contributed by atoms with Crippen LogP contribution in [-0.4, -0.2) is 13.1 Å². The first-order valence-corrected chi connectivity index (χ1v) is 6.07. The molecular formula is C14H23N. The van der Waals surface area contributed by atoms with Crippen LogP contribution < -0.4 is 4.90 Å². The molecule has 1 nitrogen and oxygen atoms in total. The van der Waals surface area contributed by atoms with E-state index in [2.05, 4.69) is 56.0 Å². The van der Waals surface area contributed by atoms with Gasteiger partial charge < -0.3 is 4.90 Å². The van der Waals surface area contributed by atoms with Crippen LogP contribution in [0.4, 0.5) is 5.69 Å². The summed E-state index contributed by atoms with van der Waals surface area (Å²) in [4.78, 5) is 2.46. The van der Waals surface area contributed by atoms with Crippen molar-refractivity contribution in [3.05, 3.63) is 30.3 Å². The van der Waals surface area contributed by atoms with Crippen molar-refractivity contribution in [3.63, 3.8) is 0 Å². The van der Waals surface area contributed by atoms with Crippen molar-refractivity contribution in [3.8, 4) is 0 Å². The number of hydrogen-bond donors (Lipinski definition) is 0. The molecule has 0 aliphatic heterocycles. The number of hydrogen-bond acceptors (Lipinski definition) is 1. The largest absolute Gasteiger partial charge is 0.372 e. The molecule has 1 heteroatoms. The van der Waals surface area contributed by atoms with Crippen LogP contribution in [0.25, 0.3) is 0 Å². The third-order valence-corrected chi connectivity index (χ3v) is 2.82. The summed E-state index contributed by atoms with van der Waals surface area (Å²) in [6.45, 7) is 9.10. The first kappa shape index (κ1) is 12.1. The number of anilines is 1. The van der Waals surface area contributed by atoms with E-state index in [-0.39, 0.29) is 0 Å². The van der Waals surface area contributed by atoms with Crippen molar-refractivity contribution in [1.29, 1.82) is 0 Å². The topological polar surface area (TPSA) is 3.24 Å². The monoisotopic (exact) mass is 205 g/mol. The van der Waals surface area contributed by atoms with Gasteiger partial charge in [-0.1, -0.05) is 38.5 Å². The van der Waals surface area contributed by atoms with Gasteiger partial charge in [-0.05, 0) is 31.4 Å². The fraction of sp³-hybridized carbons (Fsp3) is 0.571. The predicted molar refractivity (Wildman–Crippen MR) is 68.4 cm³/mol. The molecule has 1 unspecified atom stereocenters. The van der Waals surface area contributed by atoms with Crippen LogP contribution >= 0.6 is 0 Å². The van der Waals surface area contributed by atoms with Crippen LogP contribution in [0.15, 0.2) is 30.3 Å². The minimum atomic E-state index is 0.787. The van der Waals surface area contributed by atoms with E-state index in [0.717, 1.165) is 12.5 Å². The molecule has 0 saturated carbocycles. The Morgan fingerprint density at radius 1 is 1.13 bits per heavy atom. The lowest BCUT2D eigenvalue weighted by molar-refractivity contribution is 0.515. The molecule has 0 aromatic heterocycles. The van der Waals surface area contributed by atoms with E-state index in [1.165, 1.54) is 25.1 Å². The maximum Gasteiger partial charge on any atom is 0.0366 e. The summed E-state index contributed by atoms with van der Waals surface area (Å²) < 4.78 is 0. The third-order valence-electron chi connectivity index (χ3n) is 2.82. The van der Waals surface area contributed by atoms with Gasteiger partial charge in [-0.3, -0.25) is 0 Å². The van der Waals surface area contributed by atoms with Crippen molar-refractivity contribution in [2.24, 2.45) is 5.92 Å². The molecule has 15 heavy (non-hydrogen) atoms. The van der Waals surface area contributed by atoms with Gasteiger partial charge >= 0.3 is 0 Å². The van der Waals surface area contributed by atoms with E-state index in [1.807, 2.05) is 0 Å². The molecule has 0 amide bonds. The Labute approximate surface area is 94.1 Å². The van der Waals surface area contributed by atoms with Crippen LogP contribution in [0.2, 0.25) is 0 Å². The van der Waals surface area contributed by atoms with Gasteiger partial charge in [0.25, 0.3) is 0 Å². The number of nitrogens with zero attached hydrogens (tertiary/aromatic N) is 1. The predicted octanol–water partition coefficient (Wildman–Crippen LogP) is 3.95.